The molecule has 2 aromatic rings. The van der Waals surface area contributed by atoms with Crippen LogP contribution < -0.4 is 10.1 Å². The van der Waals surface area contributed by atoms with E-state index in [-0.39, 0.29) is 12.6 Å². The quantitative estimate of drug-likeness (QED) is 0.811. The molecule has 0 spiro atoms. The Morgan fingerprint density at radius 2 is 2.05 bits per heavy atom. The van der Waals surface area contributed by atoms with Gasteiger partial charge in [0.1, 0.15) is 12.1 Å². The van der Waals surface area contributed by atoms with Gasteiger partial charge in [-0.1, -0.05) is 30.3 Å². The van der Waals surface area contributed by atoms with Gasteiger partial charge in [0.15, 0.2) is 0 Å². The smallest absolute Gasteiger partial charge is 0.218 e. The van der Waals surface area contributed by atoms with Crippen molar-refractivity contribution in [1.29, 1.82) is 0 Å². The SMILES string of the molecule is CCOc1cc(N[C@@H](CCO)c2ccccc2)ncn1. The summed E-state index contributed by atoms with van der Waals surface area (Å²) in [4.78, 5) is 8.22. The van der Waals surface area contributed by atoms with E-state index in [0.29, 0.717) is 24.7 Å². The summed E-state index contributed by atoms with van der Waals surface area (Å²) in [6, 6.07) is 11.7. The van der Waals surface area contributed by atoms with Crippen molar-refractivity contribution in [3.8, 4) is 5.88 Å². The lowest BCUT2D eigenvalue weighted by Crippen LogP contribution is -2.13. The summed E-state index contributed by atoms with van der Waals surface area (Å²) in [5.41, 5.74) is 1.11. The summed E-state index contributed by atoms with van der Waals surface area (Å²) < 4.78 is 5.35. The first-order valence-electron chi connectivity index (χ1n) is 6.70. The van der Waals surface area contributed by atoms with Crippen molar-refractivity contribution in [3.63, 3.8) is 0 Å². The van der Waals surface area contributed by atoms with Gasteiger partial charge in [0.05, 0.1) is 12.6 Å². The first kappa shape index (κ1) is 14.3. The third kappa shape index (κ3) is 3.93. The summed E-state index contributed by atoms with van der Waals surface area (Å²) in [7, 11) is 0. The lowest BCUT2D eigenvalue weighted by molar-refractivity contribution is 0.280. The molecule has 5 heteroatoms. The molecule has 5 nitrogen and oxygen atoms in total. The summed E-state index contributed by atoms with van der Waals surface area (Å²) in [5, 5.41) is 12.5. The van der Waals surface area contributed by atoms with Gasteiger partial charge in [-0.25, -0.2) is 9.97 Å². The van der Waals surface area contributed by atoms with Gasteiger partial charge in [-0.2, -0.15) is 0 Å². The van der Waals surface area contributed by atoms with Crippen molar-refractivity contribution in [2.75, 3.05) is 18.5 Å². The molecule has 0 aliphatic heterocycles. The third-order valence-corrected chi connectivity index (χ3v) is 2.88. The maximum atomic E-state index is 9.22. The van der Waals surface area contributed by atoms with Crippen LogP contribution in [0.15, 0.2) is 42.7 Å². The largest absolute Gasteiger partial charge is 0.478 e. The number of nitrogens with one attached hydrogen (secondary N) is 1. The van der Waals surface area contributed by atoms with E-state index in [1.807, 2.05) is 37.3 Å². The number of ether oxygens (including phenoxy) is 1. The molecule has 0 saturated heterocycles. The van der Waals surface area contributed by atoms with Gasteiger partial charge in [0.2, 0.25) is 5.88 Å². The van der Waals surface area contributed by atoms with Crippen molar-refractivity contribution in [2.24, 2.45) is 0 Å². The van der Waals surface area contributed by atoms with Crippen molar-refractivity contribution in [2.45, 2.75) is 19.4 Å². The van der Waals surface area contributed by atoms with Gasteiger partial charge in [-0.15, -0.1) is 0 Å². The average molecular weight is 273 g/mol. The Kier molecular flexibility index (Phi) is 5.32. The first-order chi connectivity index (χ1) is 9.83. The Hall–Kier alpha value is -2.14. The normalized spacial score (nSPS) is 11.9. The molecule has 0 aliphatic rings. The van der Waals surface area contributed by atoms with Crippen LogP contribution in [-0.2, 0) is 0 Å². The Balaban J connectivity index is 2.14. The predicted molar refractivity (Wildman–Crippen MR) is 77.7 cm³/mol. The molecule has 1 atom stereocenters. The number of nitrogens with zero attached hydrogens (tertiary/aromatic N) is 2. The average Bonchev–Trinajstić information content (AvgIpc) is 2.48. The van der Waals surface area contributed by atoms with Crippen LogP contribution in [0.3, 0.4) is 0 Å². The molecular formula is C15H19N3O2. The highest BCUT2D eigenvalue weighted by molar-refractivity contribution is 5.40. The number of hydrogen-bond acceptors (Lipinski definition) is 5. The molecule has 0 unspecified atom stereocenters. The van der Waals surface area contributed by atoms with E-state index in [1.165, 1.54) is 6.33 Å². The molecule has 20 heavy (non-hydrogen) atoms. The third-order valence-electron chi connectivity index (χ3n) is 2.88. The van der Waals surface area contributed by atoms with Gasteiger partial charge >= 0.3 is 0 Å². The van der Waals surface area contributed by atoms with E-state index < -0.39 is 0 Å². The van der Waals surface area contributed by atoms with Crippen molar-refractivity contribution in [1.82, 2.24) is 9.97 Å². The van der Waals surface area contributed by atoms with Gasteiger partial charge < -0.3 is 15.2 Å². The van der Waals surface area contributed by atoms with E-state index in [9.17, 15) is 5.11 Å². The molecule has 1 aromatic heterocycles. The zero-order valence-corrected chi connectivity index (χ0v) is 11.5. The van der Waals surface area contributed by atoms with Crippen LogP contribution in [0.2, 0.25) is 0 Å². The van der Waals surface area contributed by atoms with Crippen molar-refractivity contribution < 1.29 is 9.84 Å². The molecule has 0 radical (unpaired) electrons. The molecule has 0 bridgehead atoms. The molecule has 2 rings (SSSR count). The molecule has 1 heterocycles. The van der Waals surface area contributed by atoms with Crippen molar-refractivity contribution in [3.05, 3.63) is 48.3 Å². The highest BCUT2D eigenvalue weighted by Crippen LogP contribution is 2.22. The fourth-order valence-corrected chi connectivity index (χ4v) is 1.96. The topological polar surface area (TPSA) is 67.3 Å². The summed E-state index contributed by atoms with van der Waals surface area (Å²) in [6.07, 6.45) is 2.08. The van der Waals surface area contributed by atoms with Crippen molar-refractivity contribution >= 4 is 5.82 Å². The van der Waals surface area contributed by atoms with Crippen LogP contribution in [0.4, 0.5) is 5.82 Å². The lowest BCUT2D eigenvalue weighted by Gasteiger charge is -2.19. The Labute approximate surface area is 118 Å². The monoisotopic (exact) mass is 273 g/mol. The standard InChI is InChI=1S/C15H19N3O2/c1-2-20-15-10-14(16-11-17-15)18-13(8-9-19)12-6-4-3-5-7-12/h3-7,10-11,13,19H,2,8-9H2,1H3,(H,16,17,18)/t13-/m0/s1. The first-order valence-corrected chi connectivity index (χ1v) is 6.70. The van der Waals surface area contributed by atoms with Crippen LogP contribution in [0, 0.1) is 0 Å². The fraction of sp³-hybridized carbons (Fsp3) is 0.333. The molecular weight excluding hydrogens is 254 g/mol. The second kappa shape index (κ2) is 7.45. The minimum atomic E-state index is 0.00516. The molecule has 0 aliphatic carbocycles. The van der Waals surface area contributed by atoms with E-state index in [2.05, 4.69) is 15.3 Å². The van der Waals surface area contributed by atoms with E-state index in [1.54, 1.807) is 6.07 Å². The zero-order valence-electron chi connectivity index (χ0n) is 11.5. The number of aliphatic hydroxyl groups is 1. The van der Waals surface area contributed by atoms with Crippen LogP contribution in [0.5, 0.6) is 5.88 Å². The molecule has 106 valence electrons. The van der Waals surface area contributed by atoms with Gasteiger partial charge in [0, 0.05) is 12.7 Å². The highest BCUT2D eigenvalue weighted by Gasteiger charge is 2.11. The van der Waals surface area contributed by atoms with Gasteiger partial charge in [-0.05, 0) is 18.9 Å². The second-order valence-corrected chi connectivity index (χ2v) is 4.29. The molecule has 0 saturated carbocycles. The van der Waals surface area contributed by atoms with E-state index in [0.717, 1.165) is 5.56 Å². The van der Waals surface area contributed by atoms with Gasteiger partial charge in [0.25, 0.3) is 0 Å². The Bertz CT molecular complexity index is 520. The summed E-state index contributed by atoms with van der Waals surface area (Å²) in [6.45, 7) is 2.58. The maximum Gasteiger partial charge on any atom is 0.218 e. The number of benzene rings is 1. The van der Waals surface area contributed by atoms with E-state index >= 15 is 0 Å². The highest BCUT2D eigenvalue weighted by atomic mass is 16.5. The fourth-order valence-electron chi connectivity index (χ4n) is 1.96. The number of rotatable bonds is 7. The summed E-state index contributed by atoms with van der Waals surface area (Å²) in [5.74, 6) is 1.23. The Morgan fingerprint density at radius 1 is 1.25 bits per heavy atom. The number of aliphatic hydroxyl groups excluding tert-OH is 1. The summed E-state index contributed by atoms with van der Waals surface area (Å²) >= 11 is 0. The molecule has 0 amide bonds. The Morgan fingerprint density at radius 3 is 2.75 bits per heavy atom. The van der Waals surface area contributed by atoms with Crippen LogP contribution >= 0.6 is 0 Å². The second-order valence-electron chi connectivity index (χ2n) is 4.29. The molecule has 2 N–H and O–H groups in total. The van der Waals surface area contributed by atoms with E-state index in [4.69, 9.17) is 4.74 Å². The minimum absolute atomic E-state index is 0.00516. The lowest BCUT2D eigenvalue weighted by atomic mass is 10.0. The predicted octanol–water partition coefficient (Wildman–Crippen LogP) is 2.41. The number of aromatic nitrogens is 2. The molecule has 0 fully saturated rings. The number of hydrogen-bond donors (Lipinski definition) is 2. The maximum absolute atomic E-state index is 9.22. The van der Waals surface area contributed by atoms with Gasteiger partial charge in [-0.3, -0.25) is 0 Å². The van der Waals surface area contributed by atoms with Crippen LogP contribution in [0.1, 0.15) is 24.9 Å². The number of anilines is 1. The molecule has 1 aromatic carbocycles. The van der Waals surface area contributed by atoms with Crippen LogP contribution in [-0.4, -0.2) is 28.3 Å². The zero-order chi connectivity index (χ0) is 14.2. The minimum Gasteiger partial charge on any atom is -0.478 e. The van der Waals surface area contributed by atoms with Crippen LogP contribution in [0.25, 0.3) is 0 Å².